The van der Waals surface area contributed by atoms with Crippen molar-refractivity contribution in [2.75, 3.05) is 5.75 Å². The quantitative estimate of drug-likeness (QED) is 0.321. The number of hydrogen-bond donors (Lipinski definition) is 3. The van der Waals surface area contributed by atoms with Gasteiger partial charge in [0.15, 0.2) is 5.11 Å². The molecule has 104 valence electrons. The van der Waals surface area contributed by atoms with Gasteiger partial charge in [0, 0.05) is 0 Å². The molecule has 0 amide bonds. The van der Waals surface area contributed by atoms with E-state index in [1.807, 2.05) is 0 Å². The van der Waals surface area contributed by atoms with Crippen LogP contribution in [0.5, 0.6) is 0 Å². The highest BCUT2D eigenvalue weighted by atomic mass is 32.1. The lowest BCUT2D eigenvalue weighted by Crippen LogP contribution is -2.18. The second-order valence-corrected chi connectivity index (χ2v) is 5.23. The highest BCUT2D eigenvalue weighted by Crippen LogP contribution is 2.10. The third-order valence-corrected chi connectivity index (χ3v) is 2.83. The van der Waals surface area contributed by atoms with Crippen molar-refractivity contribution >= 4 is 30.0 Å². The summed E-state index contributed by atoms with van der Waals surface area (Å²) in [5.74, 6) is 1.07. The molecule has 0 saturated heterocycles. The average molecular weight is 279 g/mol. The van der Waals surface area contributed by atoms with Crippen LogP contribution in [-0.2, 0) is 0 Å². The molecule has 17 heavy (non-hydrogen) atoms. The highest BCUT2D eigenvalue weighted by Gasteiger charge is 1.91. The summed E-state index contributed by atoms with van der Waals surface area (Å²) in [7, 11) is 0. The number of nitrogens with two attached hydrogens (primary N) is 2. The molecule has 4 N–H and O–H groups in total. The van der Waals surface area contributed by atoms with Gasteiger partial charge in [-0.05, 0) is 24.4 Å². The largest absolute Gasteiger partial charge is 0.377 e. The van der Waals surface area contributed by atoms with E-state index in [9.17, 15) is 0 Å². The van der Waals surface area contributed by atoms with Gasteiger partial charge in [-0.1, -0.05) is 64.7 Å². The van der Waals surface area contributed by atoms with E-state index in [2.05, 4.69) is 43.2 Å². The normalized spacial score (nSPS) is 9.53. The standard InChI is InChI=1S/C12H26S.CH4N2S/c1-2-3-4-5-6-7-8-9-10-11-12-13;2-1(3)4/h13H,2-12H2,1H3;(H4,2,3,4). The maximum atomic E-state index is 4.62. The van der Waals surface area contributed by atoms with E-state index in [0.717, 1.165) is 5.75 Å². The zero-order chi connectivity index (χ0) is 13.4. The van der Waals surface area contributed by atoms with E-state index in [1.165, 1.54) is 64.2 Å². The first-order valence-corrected chi connectivity index (χ1v) is 7.85. The predicted molar refractivity (Wildman–Crippen MR) is 86.7 cm³/mol. The van der Waals surface area contributed by atoms with Gasteiger partial charge in [0.1, 0.15) is 0 Å². The first kappa shape index (κ1) is 19.4. The van der Waals surface area contributed by atoms with Crippen LogP contribution < -0.4 is 11.5 Å². The zero-order valence-corrected chi connectivity index (χ0v) is 13.0. The molecule has 0 saturated carbocycles. The fourth-order valence-electron chi connectivity index (χ4n) is 1.60. The summed E-state index contributed by atoms with van der Waals surface area (Å²) in [5, 5.41) is 0.000000000000000222. The van der Waals surface area contributed by atoms with E-state index in [-0.39, 0.29) is 5.11 Å². The lowest BCUT2D eigenvalue weighted by atomic mass is 10.1. The molecule has 0 aliphatic heterocycles. The van der Waals surface area contributed by atoms with Crippen LogP contribution in [0.3, 0.4) is 0 Å². The average Bonchev–Trinajstić information content (AvgIpc) is 2.26. The van der Waals surface area contributed by atoms with Crippen LogP contribution in [-0.4, -0.2) is 10.9 Å². The van der Waals surface area contributed by atoms with Gasteiger partial charge in [-0.15, -0.1) is 0 Å². The van der Waals surface area contributed by atoms with Crippen molar-refractivity contribution in [2.24, 2.45) is 11.5 Å². The Bertz CT molecular complexity index is 138. The molecule has 0 unspecified atom stereocenters. The van der Waals surface area contributed by atoms with Crippen LogP contribution >= 0.6 is 24.8 Å². The van der Waals surface area contributed by atoms with E-state index in [0.29, 0.717) is 0 Å². The Labute approximate surface area is 118 Å². The molecule has 0 spiro atoms. The molecule has 0 heterocycles. The number of hydrogen-bond acceptors (Lipinski definition) is 2. The van der Waals surface area contributed by atoms with E-state index in [4.69, 9.17) is 0 Å². The number of thiol groups is 1. The molecule has 0 atom stereocenters. The minimum atomic E-state index is 0.000000000000000222. The molecule has 4 heteroatoms. The van der Waals surface area contributed by atoms with Crippen molar-refractivity contribution in [1.29, 1.82) is 0 Å². The van der Waals surface area contributed by atoms with Crippen molar-refractivity contribution in [3.8, 4) is 0 Å². The molecule has 0 aromatic heterocycles. The molecular formula is C13H30N2S2. The van der Waals surface area contributed by atoms with Gasteiger partial charge in [0.2, 0.25) is 0 Å². The molecule has 0 bridgehead atoms. The lowest BCUT2D eigenvalue weighted by Gasteiger charge is -2.00. The maximum Gasteiger partial charge on any atom is 0.160 e. The Balaban J connectivity index is 0. The molecule has 0 radical (unpaired) electrons. The summed E-state index contributed by atoms with van der Waals surface area (Å²) >= 11 is 8.30. The van der Waals surface area contributed by atoms with Gasteiger partial charge < -0.3 is 11.5 Å². The summed E-state index contributed by atoms with van der Waals surface area (Å²) in [6.45, 7) is 2.28. The van der Waals surface area contributed by atoms with Crippen molar-refractivity contribution in [2.45, 2.75) is 71.1 Å². The van der Waals surface area contributed by atoms with Crippen LogP contribution in [0.1, 0.15) is 71.1 Å². The SMILES string of the molecule is CCCCCCCCCCCCS.NC(N)=S. The Kier molecular flexibility index (Phi) is 21.0. The van der Waals surface area contributed by atoms with Crippen LogP contribution in [0, 0.1) is 0 Å². The summed E-state index contributed by atoms with van der Waals surface area (Å²) in [5.41, 5.74) is 9.24. The first-order chi connectivity index (χ1) is 8.15. The topological polar surface area (TPSA) is 52.0 Å². The maximum absolute atomic E-state index is 4.62. The number of thiocarbonyl (C=S) groups is 1. The Morgan fingerprint density at radius 3 is 1.41 bits per heavy atom. The third-order valence-electron chi connectivity index (χ3n) is 2.51. The molecule has 2 nitrogen and oxygen atoms in total. The second-order valence-electron chi connectivity index (χ2n) is 4.31. The van der Waals surface area contributed by atoms with Crippen molar-refractivity contribution in [1.82, 2.24) is 0 Å². The summed E-state index contributed by atoms with van der Waals surface area (Å²) in [6.07, 6.45) is 14.2. The molecule has 0 aromatic carbocycles. The monoisotopic (exact) mass is 278 g/mol. The van der Waals surface area contributed by atoms with E-state index < -0.39 is 0 Å². The van der Waals surface area contributed by atoms with Crippen molar-refractivity contribution < 1.29 is 0 Å². The Hall–Kier alpha value is 0.0400. The summed E-state index contributed by atoms with van der Waals surface area (Å²) in [6, 6.07) is 0. The van der Waals surface area contributed by atoms with E-state index >= 15 is 0 Å². The molecule has 0 aliphatic carbocycles. The third kappa shape index (κ3) is 31.4. The smallest absolute Gasteiger partial charge is 0.160 e. The van der Waals surface area contributed by atoms with Crippen molar-refractivity contribution in [3.05, 3.63) is 0 Å². The molecule has 0 aromatic rings. The Morgan fingerprint density at radius 2 is 1.12 bits per heavy atom. The lowest BCUT2D eigenvalue weighted by molar-refractivity contribution is 0.563. The highest BCUT2D eigenvalue weighted by molar-refractivity contribution is 7.80. The van der Waals surface area contributed by atoms with E-state index in [1.54, 1.807) is 0 Å². The van der Waals surface area contributed by atoms with Crippen LogP contribution in [0.4, 0.5) is 0 Å². The van der Waals surface area contributed by atoms with Crippen LogP contribution in [0.25, 0.3) is 0 Å². The predicted octanol–water partition coefficient (Wildman–Crippen LogP) is 4.03. The van der Waals surface area contributed by atoms with Crippen LogP contribution in [0.15, 0.2) is 0 Å². The molecular weight excluding hydrogens is 248 g/mol. The van der Waals surface area contributed by atoms with Gasteiger partial charge in [0.05, 0.1) is 0 Å². The minimum Gasteiger partial charge on any atom is -0.377 e. The number of rotatable bonds is 10. The van der Waals surface area contributed by atoms with Gasteiger partial charge in [-0.2, -0.15) is 12.6 Å². The van der Waals surface area contributed by atoms with Gasteiger partial charge in [-0.3, -0.25) is 0 Å². The molecule has 0 rings (SSSR count). The van der Waals surface area contributed by atoms with Crippen LogP contribution in [0.2, 0.25) is 0 Å². The van der Waals surface area contributed by atoms with Gasteiger partial charge >= 0.3 is 0 Å². The first-order valence-electron chi connectivity index (χ1n) is 6.80. The number of unbranched alkanes of at least 4 members (excludes halogenated alkanes) is 9. The molecule has 0 fully saturated rings. The Morgan fingerprint density at radius 1 is 0.824 bits per heavy atom. The van der Waals surface area contributed by atoms with Gasteiger partial charge in [0.25, 0.3) is 0 Å². The minimum absolute atomic E-state index is 0.000000000000000222. The fraction of sp³-hybridized carbons (Fsp3) is 0.923. The fourth-order valence-corrected chi connectivity index (χ4v) is 1.82. The van der Waals surface area contributed by atoms with Gasteiger partial charge in [-0.25, -0.2) is 0 Å². The molecule has 0 aliphatic rings. The van der Waals surface area contributed by atoms with Crippen molar-refractivity contribution in [3.63, 3.8) is 0 Å². The summed E-state index contributed by atoms with van der Waals surface area (Å²) < 4.78 is 0. The summed E-state index contributed by atoms with van der Waals surface area (Å²) in [4.78, 5) is 0. The zero-order valence-electron chi connectivity index (χ0n) is 11.3. The second kappa shape index (κ2) is 18.4.